The summed E-state index contributed by atoms with van der Waals surface area (Å²) in [5, 5.41) is 1.08. The van der Waals surface area contributed by atoms with E-state index in [2.05, 4.69) is 4.99 Å². The van der Waals surface area contributed by atoms with Crippen molar-refractivity contribution in [1.29, 1.82) is 0 Å². The van der Waals surface area contributed by atoms with Crippen molar-refractivity contribution in [3.8, 4) is 11.5 Å². The van der Waals surface area contributed by atoms with Crippen molar-refractivity contribution in [3.05, 3.63) is 124 Å². The molecule has 1 aliphatic rings. The smallest absolute Gasteiger partial charge is 0.338 e. The van der Waals surface area contributed by atoms with E-state index >= 15 is 0 Å². The number of carbonyl (C=O) groups excluding carboxylic acids is 1. The van der Waals surface area contributed by atoms with Gasteiger partial charge >= 0.3 is 5.97 Å². The number of benzene rings is 3. The van der Waals surface area contributed by atoms with E-state index in [9.17, 15) is 9.59 Å². The molecule has 0 N–H and O–H groups in total. The number of nitrogens with zero attached hydrogens (tertiary/aromatic N) is 2. The van der Waals surface area contributed by atoms with Crippen LogP contribution in [-0.4, -0.2) is 23.8 Å². The highest BCUT2D eigenvalue weighted by molar-refractivity contribution is 7.07. The van der Waals surface area contributed by atoms with Gasteiger partial charge in [-0.15, -0.1) is 0 Å². The van der Waals surface area contributed by atoms with E-state index in [-0.39, 0.29) is 18.8 Å². The van der Waals surface area contributed by atoms with Crippen LogP contribution in [0.15, 0.2) is 87.8 Å². The molecule has 0 saturated heterocycles. The first kappa shape index (κ1) is 29.6. The third kappa shape index (κ3) is 6.31. The van der Waals surface area contributed by atoms with Gasteiger partial charge in [-0.3, -0.25) is 9.36 Å². The van der Waals surface area contributed by atoms with Crippen LogP contribution >= 0.6 is 34.5 Å². The Bertz CT molecular complexity index is 1840. The average Bonchev–Trinajstić information content (AvgIpc) is 3.26. The van der Waals surface area contributed by atoms with Crippen LogP contribution in [0, 0.1) is 0 Å². The number of hydrogen-bond acceptors (Lipinski definition) is 7. The number of halogens is 2. The minimum Gasteiger partial charge on any atom is -0.494 e. The van der Waals surface area contributed by atoms with Crippen LogP contribution in [0.3, 0.4) is 0 Å². The molecule has 1 atom stereocenters. The molecule has 0 unspecified atom stereocenters. The highest BCUT2D eigenvalue weighted by Crippen LogP contribution is 2.32. The fourth-order valence-electron chi connectivity index (χ4n) is 4.67. The summed E-state index contributed by atoms with van der Waals surface area (Å²) in [6, 6.07) is 19.4. The molecule has 0 fully saturated rings. The van der Waals surface area contributed by atoms with E-state index in [4.69, 9.17) is 37.4 Å². The summed E-state index contributed by atoms with van der Waals surface area (Å²) in [7, 11) is 0. The first-order valence-corrected chi connectivity index (χ1v) is 15.0. The monoisotopic (exact) mass is 622 g/mol. The molecule has 1 aromatic heterocycles. The Kier molecular flexibility index (Phi) is 9.16. The maximum Gasteiger partial charge on any atom is 0.338 e. The van der Waals surface area contributed by atoms with Crippen molar-refractivity contribution in [2.75, 3.05) is 13.2 Å². The largest absolute Gasteiger partial charge is 0.494 e. The lowest BCUT2D eigenvalue weighted by Crippen LogP contribution is -2.39. The zero-order valence-electron chi connectivity index (χ0n) is 23.2. The Morgan fingerprint density at radius 3 is 2.50 bits per heavy atom. The highest BCUT2D eigenvalue weighted by atomic mass is 35.5. The van der Waals surface area contributed by atoms with Gasteiger partial charge < -0.3 is 14.2 Å². The number of ether oxygens (including phenoxy) is 3. The molecule has 0 spiro atoms. The summed E-state index contributed by atoms with van der Waals surface area (Å²) in [6.07, 6.45) is 1.80. The van der Waals surface area contributed by atoms with Crippen LogP contribution in [0.1, 0.15) is 43.5 Å². The quantitative estimate of drug-likeness (QED) is 0.211. The fraction of sp³-hybridized carbons (Fsp3) is 0.219. The van der Waals surface area contributed by atoms with Gasteiger partial charge in [-0.1, -0.05) is 64.9 Å². The number of aromatic nitrogens is 1. The Balaban J connectivity index is 1.52. The number of carbonyl (C=O) groups is 1. The summed E-state index contributed by atoms with van der Waals surface area (Å²) >= 11 is 13.5. The third-order valence-electron chi connectivity index (χ3n) is 6.59. The van der Waals surface area contributed by atoms with Crippen molar-refractivity contribution < 1.29 is 19.0 Å². The van der Waals surface area contributed by atoms with Gasteiger partial charge in [0, 0.05) is 15.6 Å². The lowest BCUT2D eigenvalue weighted by molar-refractivity contribution is -0.139. The Morgan fingerprint density at radius 1 is 1.00 bits per heavy atom. The van der Waals surface area contributed by atoms with Gasteiger partial charge in [0.15, 0.2) is 4.80 Å². The maximum absolute atomic E-state index is 13.9. The van der Waals surface area contributed by atoms with E-state index < -0.39 is 12.0 Å². The van der Waals surface area contributed by atoms with Gasteiger partial charge in [-0.2, -0.15) is 0 Å². The van der Waals surface area contributed by atoms with Gasteiger partial charge in [0.1, 0.15) is 18.1 Å². The molecule has 4 aromatic rings. The Morgan fingerprint density at radius 2 is 1.79 bits per heavy atom. The van der Waals surface area contributed by atoms with E-state index in [1.54, 1.807) is 36.6 Å². The molecule has 216 valence electrons. The predicted molar refractivity (Wildman–Crippen MR) is 165 cm³/mol. The van der Waals surface area contributed by atoms with Crippen LogP contribution in [-0.2, 0) is 16.1 Å². The molecule has 0 aliphatic carbocycles. The van der Waals surface area contributed by atoms with Crippen molar-refractivity contribution in [2.24, 2.45) is 4.99 Å². The van der Waals surface area contributed by atoms with Crippen molar-refractivity contribution >= 4 is 46.6 Å². The van der Waals surface area contributed by atoms with Crippen molar-refractivity contribution in [2.45, 2.75) is 33.4 Å². The molecule has 1 aliphatic heterocycles. The molecule has 0 bridgehead atoms. The second-order valence-corrected chi connectivity index (χ2v) is 11.3. The lowest BCUT2D eigenvalue weighted by Gasteiger charge is -2.24. The van der Waals surface area contributed by atoms with Crippen molar-refractivity contribution in [1.82, 2.24) is 4.57 Å². The Hall–Kier alpha value is -3.85. The fourth-order valence-corrected chi connectivity index (χ4v) is 6.17. The van der Waals surface area contributed by atoms with E-state index in [0.717, 1.165) is 16.7 Å². The third-order valence-corrected chi connectivity index (χ3v) is 8.16. The molecule has 7 nitrogen and oxygen atoms in total. The zero-order chi connectivity index (χ0) is 29.8. The van der Waals surface area contributed by atoms with Gasteiger partial charge in [-0.25, -0.2) is 9.79 Å². The van der Waals surface area contributed by atoms with Crippen LogP contribution in [0.4, 0.5) is 0 Å². The number of allylic oxidation sites excluding steroid dienone is 1. The summed E-state index contributed by atoms with van der Waals surface area (Å²) < 4.78 is 19.0. The highest BCUT2D eigenvalue weighted by Gasteiger charge is 2.33. The normalized spacial score (nSPS) is 14.8. The first-order chi connectivity index (χ1) is 20.3. The molecule has 0 saturated carbocycles. The number of hydrogen-bond donors (Lipinski definition) is 0. The molecule has 0 radical (unpaired) electrons. The van der Waals surface area contributed by atoms with Gasteiger partial charge in [0.2, 0.25) is 0 Å². The summed E-state index contributed by atoms with van der Waals surface area (Å²) in [5.41, 5.74) is 2.92. The van der Waals surface area contributed by atoms with Crippen LogP contribution in [0.5, 0.6) is 11.5 Å². The molecule has 0 amide bonds. The first-order valence-electron chi connectivity index (χ1n) is 13.4. The van der Waals surface area contributed by atoms with Gasteiger partial charge in [0.05, 0.1) is 35.1 Å². The topological polar surface area (TPSA) is 79.1 Å². The van der Waals surface area contributed by atoms with E-state index in [0.29, 0.717) is 48.8 Å². The molecule has 5 rings (SSSR count). The van der Waals surface area contributed by atoms with Gasteiger partial charge in [-0.05, 0) is 74.4 Å². The summed E-state index contributed by atoms with van der Waals surface area (Å²) in [5.74, 6) is 0.820. The second-order valence-electron chi connectivity index (χ2n) is 9.40. The molecule has 2 heterocycles. The summed E-state index contributed by atoms with van der Waals surface area (Å²) in [6.45, 7) is 6.42. The van der Waals surface area contributed by atoms with Crippen LogP contribution < -0.4 is 24.4 Å². The number of esters is 1. The number of fused-ring (bicyclic) bond motifs is 1. The summed E-state index contributed by atoms with van der Waals surface area (Å²) in [4.78, 5) is 32.1. The number of rotatable bonds is 9. The Labute approximate surface area is 256 Å². The van der Waals surface area contributed by atoms with Crippen molar-refractivity contribution in [3.63, 3.8) is 0 Å². The molecular formula is C32H28Cl2N2O5S. The average molecular weight is 624 g/mol. The lowest BCUT2D eigenvalue weighted by atomic mass is 9.96. The minimum atomic E-state index is -0.697. The molecule has 10 heteroatoms. The van der Waals surface area contributed by atoms with Gasteiger partial charge in [0.25, 0.3) is 5.56 Å². The molecule has 42 heavy (non-hydrogen) atoms. The molecular weight excluding hydrogens is 595 g/mol. The second kappa shape index (κ2) is 13.0. The minimum absolute atomic E-state index is 0.207. The standard InChI is InChI=1S/C32H28Cl2N2O5S/c1-4-39-24-13-10-21(11-14-24)29-28(31(38)40-5-2)19(3)35-32-36(29)30(37)27(42-32)16-20-7-6-8-25(15-20)41-18-22-9-12-23(33)17-26(22)34/h6-17,29H,4-5,18H2,1-3H3/b27-16-/t29-/m0/s1. The predicted octanol–water partition coefficient (Wildman–Crippen LogP) is 6.08. The zero-order valence-corrected chi connectivity index (χ0v) is 25.6. The van der Waals surface area contributed by atoms with E-state index in [1.165, 1.54) is 11.3 Å². The SMILES string of the molecule is CCOC(=O)C1=C(C)N=c2s/c(=C\c3cccc(OCc4ccc(Cl)cc4Cl)c3)c(=O)n2[C@H]1c1ccc(OCC)cc1. The van der Waals surface area contributed by atoms with Crippen LogP contribution in [0.25, 0.3) is 6.08 Å². The maximum atomic E-state index is 13.9. The van der Waals surface area contributed by atoms with E-state index in [1.807, 2.05) is 61.5 Å². The van der Waals surface area contributed by atoms with Crippen LogP contribution in [0.2, 0.25) is 10.0 Å². The molecule has 3 aromatic carbocycles. The number of thiazole rings is 1.